The van der Waals surface area contributed by atoms with Gasteiger partial charge in [-0.3, -0.25) is 0 Å². The van der Waals surface area contributed by atoms with E-state index in [1.165, 1.54) is 0 Å². The number of carbonyl (C=O) groups is 1. The highest BCUT2D eigenvalue weighted by atomic mass is 16.3. The van der Waals surface area contributed by atoms with Crippen LogP contribution in [0.3, 0.4) is 0 Å². The first kappa shape index (κ1) is 14.2. The maximum absolute atomic E-state index is 11.8. The van der Waals surface area contributed by atoms with Crippen molar-refractivity contribution in [3.8, 4) is 0 Å². The van der Waals surface area contributed by atoms with E-state index in [1.807, 2.05) is 27.7 Å². The lowest BCUT2D eigenvalue weighted by molar-refractivity contribution is 0.137. The van der Waals surface area contributed by atoms with Gasteiger partial charge in [-0.05, 0) is 26.7 Å². The summed E-state index contributed by atoms with van der Waals surface area (Å²) in [6.07, 6.45) is 1.49. The second-order valence-corrected chi connectivity index (χ2v) is 3.75. The maximum atomic E-state index is 11.8. The number of hydrogen-bond donors (Lipinski definition) is 2. The van der Waals surface area contributed by atoms with Crippen LogP contribution in [0.1, 0.15) is 40.5 Å². The minimum atomic E-state index is -0.459. The van der Waals surface area contributed by atoms with Crippen molar-refractivity contribution in [3.05, 3.63) is 0 Å². The van der Waals surface area contributed by atoms with Crippen LogP contribution in [0.2, 0.25) is 0 Å². The summed E-state index contributed by atoms with van der Waals surface area (Å²) in [6, 6.07) is -0.0854. The molecule has 0 bridgehead atoms. The summed E-state index contributed by atoms with van der Waals surface area (Å²) in [5, 5.41) is 12.2. The molecule has 0 aliphatic rings. The highest BCUT2D eigenvalue weighted by molar-refractivity contribution is 5.75. The standard InChI is InChI=1S/C11H24N2O2/c1-5-11(6-2,9-14)12-10(15)13(7-3)8-4/h14H,5-9H2,1-4H3,(H,12,15). The summed E-state index contributed by atoms with van der Waals surface area (Å²) < 4.78 is 0. The van der Waals surface area contributed by atoms with Gasteiger partial charge in [0.15, 0.2) is 0 Å². The van der Waals surface area contributed by atoms with Crippen LogP contribution in [0.5, 0.6) is 0 Å². The van der Waals surface area contributed by atoms with E-state index >= 15 is 0 Å². The van der Waals surface area contributed by atoms with Crippen LogP contribution in [0, 0.1) is 0 Å². The Morgan fingerprint density at radius 3 is 1.93 bits per heavy atom. The molecular formula is C11H24N2O2. The number of carbonyl (C=O) groups excluding carboxylic acids is 1. The molecule has 0 aromatic carbocycles. The Hall–Kier alpha value is -0.770. The smallest absolute Gasteiger partial charge is 0.317 e. The van der Waals surface area contributed by atoms with Gasteiger partial charge in [0.05, 0.1) is 12.1 Å². The SMILES string of the molecule is CCN(CC)C(=O)NC(CC)(CC)CO. The van der Waals surface area contributed by atoms with Crippen molar-refractivity contribution in [1.29, 1.82) is 0 Å². The first-order chi connectivity index (χ1) is 7.09. The van der Waals surface area contributed by atoms with Crippen molar-refractivity contribution in [3.63, 3.8) is 0 Å². The molecule has 0 saturated carbocycles. The summed E-state index contributed by atoms with van der Waals surface area (Å²) >= 11 is 0. The van der Waals surface area contributed by atoms with Gasteiger partial charge in [0.1, 0.15) is 0 Å². The molecule has 0 saturated heterocycles. The number of hydrogen-bond acceptors (Lipinski definition) is 2. The third kappa shape index (κ3) is 3.70. The molecule has 2 N–H and O–H groups in total. The van der Waals surface area contributed by atoms with Crippen LogP contribution in [0.15, 0.2) is 0 Å². The molecule has 0 fully saturated rings. The van der Waals surface area contributed by atoms with Crippen molar-refractivity contribution in [1.82, 2.24) is 10.2 Å². The molecule has 0 rings (SSSR count). The quantitative estimate of drug-likeness (QED) is 0.708. The number of nitrogens with one attached hydrogen (secondary N) is 1. The van der Waals surface area contributed by atoms with E-state index < -0.39 is 5.54 Å². The number of amides is 2. The largest absolute Gasteiger partial charge is 0.394 e. The summed E-state index contributed by atoms with van der Waals surface area (Å²) in [7, 11) is 0. The van der Waals surface area contributed by atoms with E-state index in [0.717, 1.165) is 12.8 Å². The fraction of sp³-hybridized carbons (Fsp3) is 0.909. The lowest BCUT2D eigenvalue weighted by Gasteiger charge is -2.33. The Balaban J connectivity index is 4.46. The van der Waals surface area contributed by atoms with Gasteiger partial charge in [-0.15, -0.1) is 0 Å². The zero-order valence-electron chi connectivity index (χ0n) is 10.3. The molecule has 0 unspecified atom stereocenters. The van der Waals surface area contributed by atoms with E-state index in [4.69, 9.17) is 0 Å². The van der Waals surface area contributed by atoms with E-state index in [-0.39, 0.29) is 12.6 Å². The fourth-order valence-corrected chi connectivity index (χ4v) is 1.51. The zero-order valence-corrected chi connectivity index (χ0v) is 10.3. The number of aliphatic hydroxyl groups is 1. The van der Waals surface area contributed by atoms with E-state index in [9.17, 15) is 9.90 Å². The van der Waals surface area contributed by atoms with Crippen LogP contribution >= 0.6 is 0 Å². The highest BCUT2D eigenvalue weighted by Gasteiger charge is 2.28. The molecule has 0 spiro atoms. The first-order valence-electron chi connectivity index (χ1n) is 5.77. The van der Waals surface area contributed by atoms with Crippen molar-refractivity contribution in [2.45, 2.75) is 46.1 Å². The van der Waals surface area contributed by atoms with Crippen molar-refractivity contribution < 1.29 is 9.90 Å². The Morgan fingerprint density at radius 2 is 1.67 bits per heavy atom. The summed E-state index contributed by atoms with van der Waals surface area (Å²) in [5.41, 5.74) is -0.459. The second kappa shape index (κ2) is 6.67. The molecule has 2 amide bonds. The topological polar surface area (TPSA) is 52.6 Å². The molecule has 0 aromatic heterocycles. The van der Waals surface area contributed by atoms with Crippen LogP contribution < -0.4 is 5.32 Å². The molecule has 90 valence electrons. The van der Waals surface area contributed by atoms with Crippen LogP contribution in [0.25, 0.3) is 0 Å². The Kier molecular flexibility index (Phi) is 6.32. The molecule has 0 aromatic rings. The summed E-state index contributed by atoms with van der Waals surface area (Å²) in [4.78, 5) is 13.5. The van der Waals surface area contributed by atoms with Crippen LogP contribution in [-0.4, -0.2) is 41.3 Å². The molecule has 15 heavy (non-hydrogen) atoms. The minimum absolute atomic E-state index is 0.00694. The average Bonchev–Trinajstić information content (AvgIpc) is 2.28. The predicted octanol–water partition coefficient (Wildman–Crippen LogP) is 1.59. The van der Waals surface area contributed by atoms with Crippen molar-refractivity contribution >= 4 is 6.03 Å². The van der Waals surface area contributed by atoms with Gasteiger partial charge in [-0.1, -0.05) is 13.8 Å². The first-order valence-corrected chi connectivity index (χ1v) is 5.77. The highest BCUT2D eigenvalue weighted by Crippen LogP contribution is 2.14. The molecule has 0 atom stereocenters. The van der Waals surface area contributed by atoms with Crippen molar-refractivity contribution in [2.75, 3.05) is 19.7 Å². The zero-order chi connectivity index (χ0) is 11.9. The number of aliphatic hydroxyl groups excluding tert-OH is 1. The van der Waals surface area contributed by atoms with Gasteiger partial charge in [-0.2, -0.15) is 0 Å². The molecule has 4 nitrogen and oxygen atoms in total. The fourth-order valence-electron chi connectivity index (χ4n) is 1.51. The average molecular weight is 216 g/mol. The second-order valence-electron chi connectivity index (χ2n) is 3.75. The van der Waals surface area contributed by atoms with Gasteiger partial charge in [0.2, 0.25) is 0 Å². The van der Waals surface area contributed by atoms with Crippen LogP contribution in [0.4, 0.5) is 4.79 Å². The van der Waals surface area contributed by atoms with E-state index in [2.05, 4.69) is 5.32 Å². The third-order valence-electron chi connectivity index (χ3n) is 3.08. The van der Waals surface area contributed by atoms with Crippen LogP contribution in [-0.2, 0) is 0 Å². The van der Waals surface area contributed by atoms with Gasteiger partial charge >= 0.3 is 6.03 Å². The molecule has 0 heterocycles. The summed E-state index contributed by atoms with van der Waals surface area (Å²) in [6.45, 7) is 9.22. The Labute approximate surface area is 92.7 Å². The molecular weight excluding hydrogens is 192 g/mol. The third-order valence-corrected chi connectivity index (χ3v) is 3.08. The summed E-state index contributed by atoms with van der Waals surface area (Å²) in [5.74, 6) is 0. The molecule has 0 radical (unpaired) electrons. The minimum Gasteiger partial charge on any atom is -0.394 e. The maximum Gasteiger partial charge on any atom is 0.317 e. The number of rotatable bonds is 6. The van der Waals surface area contributed by atoms with Crippen molar-refractivity contribution in [2.24, 2.45) is 0 Å². The van der Waals surface area contributed by atoms with Gasteiger partial charge < -0.3 is 15.3 Å². The molecule has 0 aliphatic carbocycles. The van der Waals surface area contributed by atoms with Gasteiger partial charge in [-0.25, -0.2) is 4.79 Å². The molecule has 0 aliphatic heterocycles. The lowest BCUT2D eigenvalue weighted by Crippen LogP contribution is -2.54. The van der Waals surface area contributed by atoms with E-state index in [1.54, 1.807) is 4.90 Å². The lowest BCUT2D eigenvalue weighted by atomic mass is 9.94. The van der Waals surface area contributed by atoms with Gasteiger partial charge in [0.25, 0.3) is 0 Å². The Morgan fingerprint density at radius 1 is 1.20 bits per heavy atom. The van der Waals surface area contributed by atoms with Gasteiger partial charge in [0, 0.05) is 13.1 Å². The number of urea groups is 1. The number of nitrogens with zero attached hydrogens (tertiary/aromatic N) is 1. The monoisotopic (exact) mass is 216 g/mol. The predicted molar refractivity (Wildman–Crippen MR) is 61.9 cm³/mol. The Bertz CT molecular complexity index is 179. The molecule has 4 heteroatoms. The normalized spacial score (nSPS) is 11.3. The van der Waals surface area contributed by atoms with E-state index in [0.29, 0.717) is 13.1 Å².